The van der Waals surface area contributed by atoms with Crippen LogP contribution in [-0.4, -0.2) is 30.8 Å². The van der Waals surface area contributed by atoms with Crippen molar-refractivity contribution < 1.29 is 29.7 Å². The average molecular weight is 372 g/mol. The summed E-state index contributed by atoms with van der Waals surface area (Å²) in [6.45, 7) is 0. The lowest BCUT2D eigenvalue weighted by Gasteiger charge is -2.18. The number of hydrogen-bond acceptors (Lipinski definition) is 14. The van der Waals surface area contributed by atoms with Gasteiger partial charge in [-0.15, -0.1) is 10.2 Å². The molecule has 1 atom stereocenters. The molecule has 0 fully saturated rings. The number of ether oxygens (including phenoxy) is 1. The number of hydrogen-bond donors (Lipinski definition) is 5. The van der Waals surface area contributed by atoms with E-state index in [-0.39, 0.29) is 5.82 Å². The van der Waals surface area contributed by atoms with Gasteiger partial charge < -0.3 is 20.4 Å². The van der Waals surface area contributed by atoms with E-state index in [0.717, 1.165) is 6.08 Å². The summed E-state index contributed by atoms with van der Waals surface area (Å²) < 4.78 is 4.90. The summed E-state index contributed by atoms with van der Waals surface area (Å²) in [5, 5.41) is 59.5. The number of phenols is 2. The predicted molar refractivity (Wildman–Crippen MR) is 77.5 cm³/mol. The third-order valence-electron chi connectivity index (χ3n) is 2.95. The van der Waals surface area contributed by atoms with E-state index >= 15 is 0 Å². The molecule has 138 valence electrons. The average Bonchev–Trinajstić information content (AvgIpc) is 2.87. The Kier molecular flexibility index (Phi) is 4.25. The van der Waals surface area contributed by atoms with Crippen molar-refractivity contribution >= 4 is 17.1 Å². The smallest absolute Gasteiger partial charge is 0.367 e. The zero-order valence-electron chi connectivity index (χ0n) is 12.2. The molecule has 1 aliphatic rings. The molecule has 0 spiro atoms. The molecule has 0 saturated carbocycles. The minimum atomic E-state index is -2.35. The van der Waals surface area contributed by atoms with E-state index in [9.17, 15) is 40.6 Å². The van der Waals surface area contributed by atoms with E-state index in [1.165, 1.54) is 0 Å². The number of nitrogens with one attached hydrogen (secondary N) is 1. The largest absolute Gasteiger partial charge is 0.497 e. The molecule has 0 aromatic heterocycles. The van der Waals surface area contributed by atoms with E-state index in [1.54, 1.807) is 0 Å². The van der Waals surface area contributed by atoms with E-state index in [0.29, 0.717) is 0 Å². The minimum Gasteiger partial charge on any atom is -0.497 e. The summed E-state index contributed by atoms with van der Waals surface area (Å²) in [5.41, 5.74) is 2.79. The van der Waals surface area contributed by atoms with Gasteiger partial charge in [0.05, 0.1) is 14.8 Å². The first-order valence-electron chi connectivity index (χ1n) is 6.17. The predicted octanol–water partition coefficient (Wildman–Crippen LogP) is -0.416. The molecule has 1 aromatic rings. The number of rotatable bonds is 6. The molecule has 17 heteroatoms. The molecular formula is C9H8N8O9. The lowest BCUT2D eigenvalue weighted by molar-refractivity contribution is -0.407. The number of nitro benzene ring substituents is 3. The van der Waals surface area contributed by atoms with Gasteiger partial charge in [0.25, 0.3) is 23.1 Å². The molecule has 1 heterocycles. The number of nitrogens with two attached hydrogens (primary N) is 2. The summed E-state index contributed by atoms with van der Waals surface area (Å²) >= 11 is 0. The fourth-order valence-corrected chi connectivity index (χ4v) is 1.94. The topological polar surface area (TPSA) is 268 Å². The number of aromatic hydroxyl groups is 2. The number of hydrazine groups is 1. The van der Waals surface area contributed by atoms with E-state index in [2.05, 4.69) is 10.2 Å². The highest BCUT2D eigenvalue weighted by molar-refractivity contribution is 5.81. The number of nitrogens with zero attached hydrogens (tertiary/aromatic N) is 5. The minimum absolute atomic E-state index is 0.173. The van der Waals surface area contributed by atoms with Gasteiger partial charge in [0.15, 0.2) is 5.82 Å². The molecule has 2 rings (SSSR count). The van der Waals surface area contributed by atoms with Crippen molar-refractivity contribution in [3.8, 4) is 17.2 Å². The zero-order chi connectivity index (χ0) is 19.8. The highest BCUT2D eigenvalue weighted by atomic mass is 16.6. The lowest BCUT2D eigenvalue weighted by Crippen LogP contribution is -2.41. The molecule has 17 nitrogen and oxygen atoms in total. The normalized spacial score (nSPS) is 18.3. The molecule has 0 radical (unpaired) electrons. The lowest BCUT2D eigenvalue weighted by atomic mass is 10.1. The van der Waals surface area contributed by atoms with Crippen LogP contribution in [0.2, 0.25) is 0 Å². The molecule has 0 aliphatic carbocycles. The van der Waals surface area contributed by atoms with Crippen molar-refractivity contribution in [1.82, 2.24) is 5.43 Å². The summed E-state index contributed by atoms with van der Waals surface area (Å²) in [7, 11) is 0. The van der Waals surface area contributed by atoms with Gasteiger partial charge in [-0.3, -0.25) is 36.1 Å². The molecule has 1 unspecified atom stereocenters. The van der Waals surface area contributed by atoms with Gasteiger partial charge in [0, 0.05) is 6.08 Å². The van der Waals surface area contributed by atoms with Gasteiger partial charge >= 0.3 is 17.1 Å². The Bertz CT molecular complexity index is 855. The first-order chi connectivity index (χ1) is 12.0. The van der Waals surface area contributed by atoms with Crippen LogP contribution in [0, 0.1) is 30.3 Å². The second-order valence-corrected chi connectivity index (χ2v) is 4.57. The fourth-order valence-electron chi connectivity index (χ4n) is 1.94. The summed E-state index contributed by atoms with van der Waals surface area (Å²) in [6, 6.07) is 0. The maximum atomic E-state index is 11.2. The fraction of sp³-hybridized carbons (Fsp3) is 0.111. The van der Waals surface area contributed by atoms with Crippen LogP contribution in [0.5, 0.6) is 17.2 Å². The van der Waals surface area contributed by atoms with Gasteiger partial charge in [-0.25, -0.2) is 5.84 Å². The molecule has 0 bridgehead atoms. The number of azo groups is 1. The van der Waals surface area contributed by atoms with Crippen LogP contribution < -0.4 is 21.7 Å². The third kappa shape index (κ3) is 2.85. The van der Waals surface area contributed by atoms with E-state index < -0.39 is 54.9 Å². The molecule has 1 aromatic carbocycles. The number of nitro groups is 3. The zero-order valence-corrected chi connectivity index (χ0v) is 12.2. The Morgan fingerprint density at radius 2 is 1.50 bits per heavy atom. The maximum Gasteiger partial charge on any atom is 0.367 e. The standard InChI is InChI=1S/C9H8N8O9/c10-9(1-2(12-11)13-14-9)26-8-4(16(22)23)6(18)3(15(20)21)7(19)5(8)17(24)25/h1,12,18-19H,10-11H2. The highest BCUT2D eigenvalue weighted by Crippen LogP contribution is 2.56. The van der Waals surface area contributed by atoms with Crippen LogP contribution in [0.25, 0.3) is 0 Å². The molecular weight excluding hydrogens is 364 g/mol. The van der Waals surface area contributed by atoms with Crippen LogP contribution in [0.3, 0.4) is 0 Å². The SMILES string of the molecule is NNC1=CC(N)(Oc2c([N+](=O)[O-])c(O)c([N+](=O)[O-])c(O)c2[N+](=O)[O-])N=N1. The van der Waals surface area contributed by atoms with Crippen LogP contribution >= 0.6 is 0 Å². The van der Waals surface area contributed by atoms with Gasteiger partial charge in [-0.1, -0.05) is 0 Å². The molecule has 1 aliphatic heterocycles. The van der Waals surface area contributed by atoms with Crippen LogP contribution in [0.15, 0.2) is 22.1 Å². The van der Waals surface area contributed by atoms with Crippen molar-refractivity contribution in [3.05, 3.63) is 42.2 Å². The second-order valence-electron chi connectivity index (χ2n) is 4.57. The van der Waals surface area contributed by atoms with Crippen LogP contribution in [0.4, 0.5) is 17.1 Å². The summed E-state index contributed by atoms with van der Waals surface area (Å²) in [4.78, 5) is 29.1. The molecule has 0 saturated heterocycles. The molecule has 26 heavy (non-hydrogen) atoms. The Morgan fingerprint density at radius 3 is 1.85 bits per heavy atom. The van der Waals surface area contributed by atoms with Gasteiger partial charge in [0.2, 0.25) is 0 Å². The number of phenolic OH excluding ortho intramolecular Hbond substituents is 2. The highest BCUT2D eigenvalue weighted by Gasteiger charge is 2.47. The Morgan fingerprint density at radius 1 is 1.04 bits per heavy atom. The third-order valence-corrected chi connectivity index (χ3v) is 2.95. The van der Waals surface area contributed by atoms with Crippen molar-refractivity contribution in [2.45, 2.75) is 5.85 Å². The number of benzene rings is 1. The summed E-state index contributed by atoms with van der Waals surface area (Å²) in [6.07, 6.45) is 0.857. The van der Waals surface area contributed by atoms with Gasteiger partial charge in [0.1, 0.15) is 0 Å². The quantitative estimate of drug-likeness (QED) is 0.184. The second kappa shape index (κ2) is 6.07. The maximum absolute atomic E-state index is 11.2. The monoisotopic (exact) mass is 372 g/mol. The van der Waals surface area contributed by atoms with Crippen molar-refractivity contribution in [3.63, 3.8) is 0 Å². The molecule has 0 amide bonds. The van der Waals surface area contributed by atoms with E-state index in [1.807, 2.05) is 5.43 Å². The first kappa shape index (κ1) is 18.2. The van der Waals surface area contributed by atoms with Crippen molar-refractivity contribution in [2.75, 3.05) is 0 Å². The van der Waals surface area contributed by atoms with Crippen molar-refractivity contribution in [1.29, 1.82) is 0 Å². The summed E-state index contributed by atoms with van der Waals surface area (Å²) in [5.74, 6) is -2.22. The first-order valence-corrected chi connectivity index (χ1v) is 6.17. The Balaban J connectivity index is 2.82. The van der Waals surface area contributed by atoms with E-state index in [4.69, 9.17) is 16.3 Å². The molecule has 7 N–H and O–H groups in total. The van der Waals surface area contributed by atoms with Crippen LogP contribution in [0.1, 0.15) is 0 Å². The Labute approximate surface area is 140 Å². The van der Waals surface area contributed by atoms with Gasteiger partial charge in [-0.2, -0.15) is 0 Å². The Hall–Kier alpha value is -4.12. The van der Waals surface area contributed by atoms with Gasteiger partial charge in [-0.05, 0) is 0 Å². The van der Waals surface area contributed by atoms with Crippen molar-refractivity contribution in [2.24, 2.45) is 21.8 Å². The van der Waals surface area contributed by atoms with Crippen LogP contribution in [-0.2, 0) is 0 Å².